The van der Waals surface area contributed by atoms with E-state index < -0.39 is 32.9 Å². The zero-order valence-electron chi connectivity index (χ0n) is 19.6. The number of benzene rings is 1. The quantitative estimate of drug-likeness (QED) is 0.416. The van der Waals surface area contributed by atoms with Gasteiger partial charge in [0.05, 0.1) is 12.4 Å². The third-order valence-electron chi connectivity index (χ3n) is 6.68. The van der Waals surface area contributed by atoms with Crippen molar-refractivity contribution in [2.45, 2.75) is 69.9 Å². The van der Waals surface area contributed by atoms with Gasteiger partial charge in [0.2, 0.25) is 0 Å². The summed E-state index contributed by atoms with van der Waals surface area (Å²) in [5.74, 6) is 0.0689. The zero-order chi connectivity index (χ0) is 24.0. The number of ketones is 1. The number of hydrogen-bond acceptors (Lipinski definition) is 8. The lowest BCUT2D eigenvalue weighted by atomic mass is 9.99. The van der Waals surface area contributed by atoms with Gasteiger partial charge in [-0.2, -0.15) is 0 Å². The SMILES string of the molecule is CC(C)(C)[Si](C)(C)O[C@@H](C(=O)c1ccccc1)[C@H]1O[C@@H](n2cnc3c(N)ncnc32)C[C@@H]1O. The van der Waals surface area contributed by atoms with Gasteiger partial charge in [-0.05, 0) is 18.1 Å². The Morgan fingerprint density at radius 2 is 1.94 bits per heavy atom. The first-order chi connectivity index (χ1) is 15.5. The van der Waals surface area contributed by atoms with Gasteiger partial charge in [-0.1, -0.05) is 51.1 Å². The van der Waals surface area contributed by atoms with E-state index in [-0.39, 0.29) is 23.1 Å². The first kappa shape index (κ1) is 23.5. The van der Waals surface area contributed by atoms with Crippen LogP contribution >= 0.6 is 0 Å². The van der Waals surface area contributed by atoms with E-state index in [4.69, 9.17) is 14.9 Å². The molecule has 9 nitrogen and oxygen atoms in total. The summed E-state index contributed by atoms with van der Waals surface area (Å²) < 4.78 is 14.6. The number of aliphatic hydroxyl groups is 1. The molecule has 3 aromatic rings. The van der Waals surface area contributed by atoms with Crippen LogP contribution in [0.1, 0.15) is 43.8 Å². The maximum absolute atomic E-state index is 13.6. The highest BCUT2D eigenvalue weighted by Crippen LogP contribution is 2.41. The Morgan fingerprint density at radius 1 is 1.24 bits per heavy atom. The van der Waals surface area contributed by atoms with Crippen LogP contribution in [0.2, 0.25) is 18.1 Å². The minimum atomic E-state index is -2.37. The predicted octanol–water partition coefficient (Wildman–Crippen LogP) is 3.33. The van der Waals surface area contributed by atoms with E-state index in [1.54, 1.807) is 23.0 Å². The van der Waals surface area contributed by atoms with Crippen LogP contribution in [0.4, 0.5) is 5.82 Å². The summed E-state index contributed by atoms with van der Waals surface area (Å²) in [7, 11) is -2.37. The molecule has 1 fully saturated rings. The van der Waals surface area contributed by atoms with Gasteiger partial charge in [0.15, 0.2) is 25.6 Å². The molecule has 0 radical (unpaired) electrons. The van der Waals surface area contributed by atoms with Crippen LogP contribution in [0.3, 0.4) is 0 Å². The normalized spacial score (nSPS) is 22.5. The van der Waals surface area contributed by atoms with E-state index in [1.165, 1.54) is 6.33 Å². The number of nitrogen functional groups attached to an aromatic ring is 1. The number of rotatable bonds is 6. The maximum atomic E-state index is 13.6. The van der Waals surface area contributed by atoms with Crippen molar-refractivity contribution in [3.63, 3.8) is 0 Å². The molecule has 176 valence electrons. The summed E-state index contributed by atoms with van der Waals surface area (Å²) in [6.07, 6.45) is -0.0673. The molecule has 0 bridgehead atoms. The molecule has 0 unspecified atom stereocenters. The van der Waals surface area contributed by atoms with Crippen molar-refractivity contribution in [1.82, 2.24) is 19.5 Å². The monoisotopic (exact) mass is 469 g/mol. The average Bonchev–Trinajstić information content (AvgIpc) is 3.36. The number of aromatic nitrogens is 4. The Morgan fingerprint density at radius 3 is 2.61 bits per heavy atom. The fourth-order valence-corrected chi connectivity index (χ4v) is 4.96. The molecule has 0 spiro atoms. The van der Waals surface area contributed by atoms with E-state index in [0.717, 1.165) is 0 Å². The molecule has 1 saturated heterocycles. The Bertz CT molecular complexity index is 1140. The first-order valence-electron chi connectivity index (χ1n) is 11.0. The number of carbonyl (C=O) groups excluding carboxylic acids is 1. The molecule has 0 amide bonds. The van der Waals surface area contributed by atoms with Crippen molar-refractivity contribution in [1.29, 1.82) is 0 Å². The van der Waals surface area contributed by atoms with Gasteiger partial charge in [-0.3, -0.25) is 9.36 Å². The number of ether oxygens (including phenoxy) is 1. The second kappa shape index (κ2) is 8.60. The molecule has 4 rings (SSSR count). The second-order valence-electron chi connectivity index (χ2n) is 9.97. The predicted molar refractivity (Wildman–Crippen MR) is 127 cm³/mol. The van der Waals surface area contributed by atoms with Gasteiger partial charge in [0, 0.05) is 12.0 Å². The molecule has 1 aliphatic heterocycles. The number of aliphatic hydroxyl groups excluding tert-OH is 1. The van der Waals surface area contributed by atoms with Crippen molar-refractivity contribution in [2.75, 3.05) is 5.73 Å². The minimum absolute atomic E-state index is 0.125. The minimum Gasteiger partial charge on any atom is -0.404 e. The summed E-state index contributed by atoms with van der Waals surface area (Å²) in [6.45, 7) is 10.5. The fourth-order valence-electron chi connectivity index (χ4n) is 3.73. The van der Waals surface area contributed by atoms with Crippen molar-refractivity contribution >= 4 is 31.1 Å². The van der Waals surface area contributed by atoms with Gasteiger partial charge >= 0.3 is 0 Å². The third kappa shape index (κ3) is 4.43. The van der Waals surface area contributed by atoms with Crippen LogP contribution in [-0.2, 0) is 9.16 Å². The molecular weight excluding hydrogens is 438 g/mol. The summed E-state index contributed by atoms with van der Waals surface area (Å²) in [6, 6.07) is 8.99. The van der Waals surface area contributed by atoms with E-state index in [0.29, 0.717) is 16.7 Å². The summed E-state index contributed by atoms with van der Waals surface area (Å²) in [5, 5.41) is 10.9. The molecule has 0 aliphatic carbocycles. The smallest absolute Gasteiger partial charge is 0.193 e. The van der Waals surface area contributed by atoms with E-state index >= 15 is 0 Å². The number of nitrogens with zero attached hydrogens (tertiary/aromatic N) is 4. The van der Waals surface area contributed by atoms with E-state index in [2.05, 4.69) is 48.8 Å². The van der Waals surface area contributed by atoms with E-state index in [9.17, 15) is 9.90 Å². The number of carbonyl (C=O) groups is 1. The molecule has 0 saturated carbocycles. The third-order valence-corrected chi connectivity index (χ3v) is 11.1. The number of imidazole rings is 1. The van der Waals surface area contributed by atoms with Crippen LogP contribution in [-0.4, -0.2) is 57.0 Å². The molecule has 2 aromatic heterocycles. The molecule has 1 aromatic carbocycles. The highest BCUT2D eigenvalue weighted by Gasteiger charge is 2.48. The Labute approximate surface area is 194 Å². The molecule has 4 atom stereocenters. The Balaban J connectivity index is 1.67. The molecule has 1 aliphatic rings. The standard InChI is InChI=1S/C23H31N5O4Si/c1-23(2,3)33(4,5)32-20(18(30)14-9-7-6-8-10-14)19-15(29)11-16(31-19)28-13-27-17-21(24)25-12-26-22(17)28/h6-10,12-13,15-16,19-20,29H,11H2,1-5H3,(H2,24,25,26)/t15-,16+,19-,20-/m0/s1. The molecule has 33 heavy (non-hydrogen) atoms. The lowest BCUT2D eigenvalue weighted by Crippen LogP contribution is -2.52. The average molecular weight is 470 g/mol. The summed E-state index contributed by atoms with van der Waals surface area (Å²) >= 11 is 0. The zero-order valence-corrected chi connectivity index (χ0v) is 20.6. The van der Waals surface area contributed by atoms with Gasteiger partial charge in [0.1, 0.15) is 30.3 Å². The van der Waals surface area contributed by atoms with Gasteiger partial charge < -0.3 is 20.0 Å². The number of anilines is 1. The highest BCUT2D eigenvalue weighted by atomic mass is 28.4. The van der Waals surface area contributed by atoms with Crippen LogP contribution in [0, 0.1) is 0 Å². The number of Topliss-reactive ketones (excluding diaryl/α,β-unsaturated/α-hetero) is 1. The number of nitrogens with two attached hydrogens (primary N) is 1. The fraction of sp³-hybridized carbons (Fsp3) is 0.478. The summed E-state index contributed by atoms with van der Waals surface area (Å²) in [5.41, 5.74) is 7.41. The highest BCUT2D eigenvalue weighted by molar-refractivity contribution is 6.74. The first-order valence-corrected chi connectivity index (χ1v) is 13.9. The van der Waals surface area contributed by atoms with Gasteiger partial charge in [-0.25, -0.2) is 15.0 Å². The molecule has 10 heteroatoms. The Hall–Kier alpha value is -2.66. The summed E-state index contributed by atoms with van der Waals surface area (Å²) in [4.78, 5) is 26.1. The van der Waals surface area contributed by atoms with Crippen LogP contribution < -0.4 is 5.73 Å². The lowest BCUT2D eigenvalue weighted by Gasteiger charge is -2.40. The maximum Gasteiger partial charge on any atom is 0.193 e. The van der Waals surface area contributed by atoms with E-state index in [1.807, 2.05) is 18.2 Å². The van der Waals surface area contributed by atoms with Crippen molar-refractivity contribution in [3.8, 4) is 0 Å². The second-order valence-corrected chi connectivity index (χ2v) is 14.7. The van der Waals surface area contributed by atoms with Gasteiger partial charge in [-0.15, -0.1) is 0 Å². The number of fused-ring (bicyclic) bond motifs is 1. The van der Waals surface area contributed by atoms with Crippen molar-refractivity contribution in [3.05, 3.63) is 48.5 Å². The van der Waals surface area contributed by atoms with Gasteiger partial charge in [0.25, 0.3) is 0 Å². The molecule has 3 N–H and O–H groups in total. The van der Waals surface area contributed by atoms with Crippen LogP contribution in [0.15, 0.2) is 43.0 Å². The lowest BCUT2D eigenvalue weighted by molar-refractivity contribution is -0.0655. The van der Waals surface area contributed by atoms with Crippen LogP contribution in [0.25, 0.3) is 11.2 Å². The van der Waals surface area contributed by atoms with Crippen molar-refractivity contribution in [2.24, 2.45) is 0 Å². The molecule has 3 heterocycles. The largest absolute Gasteiger partial charge is 0.404 e. The van der Waals surface area contributed by atoms with Crippen LogP contribution in [0.5, 0.6) is 0 Å². The number of hydrogen-bond donors (Lipinski definition) is 2. The molecular formula is C23H31N5O4Si. The van der Waals surface area contributed by atoms with Crippen molar-refractivity contribution < 1.29 is 19.1 Å². The topological polar surface area (TPSA) is 125 Å². The Kier molecular flexibility index (Phi) is 6.12.